The van der Waals surface area contributed by atoms with Gasteiger partial charge in [-0.05, 0) is 48.9 Å². The minimum atomic E-state index is -0.670. The molecular weight excluding hydrogens is 520 g/mol. The molecule has 3 atom stereocenters. The normalized spacial score (nSPS) is 15.3. The standard InChI is InChI=1S/C38H74O4/c1-6-10-26-33(8-3)31-38(5,32-34(9-4)27-11-7-2)35(30-37(41)42)28-24-22-20-18-16-14-12-13-15-17-19-21-23-25-29-36(39)40/h33-35H,6-32H2,1-5H3,(H,39,40)(H,41,42). The minimum absolute atomic E-state index is 0.125. The van der Waals surface area contributed by atoms with E-state index in [2.05, 4.69) is 34.6 Å². The molecule has 0 spiro atoms. The number of carbonyl (C=O) groups is 2. The summed E-state index contributed by atoms with van der Waals surface area (Å²) < 4.78 is 0. The SMILES string of the molecule is CCCCC(CC)CC(C)(CC(CC)CCCC)C(CCCCCCCCCCCCCCCCC(=O)O)CC(=O)O. The van der Waals surface area contributed by atoms with Gasteiger partial charge >= 0.3 is 11.9 Å². The highest BCUT2D eigenvalue weighted by Crippen LogP contribution is 2.47. The fourth-order valence-corrected chi connectivity index (χ4v) is 7.32. The molecule has 0 heterocycles. The quantitative estimate of drug-likeness (QED) is 0.0760. The monoisotopic (exact) mass is 595 g/mol. The van der Waals surface area contributed by atoms with Crippen LogP contribution in [0.4, 0.5) is 0 Å². The van der Waals surface area contributed by atoms with E-state index in [4.69, 9.17) is 5.11 Å². The Labute approximate surface area is 262 Å². The van der Waals surface area contributed by atoms with Crippen LogP contribution in [0.5, 0.6) is 0 Å². The van der Waals surface area contributed by atoms with Gasteiger partial charge in [-0.3, -0.25) is 9.59 Å². The molecule has 42 heavy (non-hydrogen) atoms. The highest BCUT2D eigenvalue weighted by molar-refractivity contribution is 5.67. The molecule has 0 aliphatic heterocycles. The minimum Gasteiger partial charge on any atom is -0.481 e. The lowest BCUT2D eigenvalue weighted by Crippen LogP contribution is -2.34. The second-order valence-corrected chi connectivity index (χ2v) is 14.1. The maximum atomic E-state index is 12.1. The van der Waals surface area contributed by atoms with Crippen molar-refractivity contribution in [1.82, 2.24) is 0 Å². The summed E-state index contributed by atoms with van der Waals surface area (Å²) in [6.07, 6.45) is 31.5. The predicted molar refractivity (Wildman–Crippen MR) is 181 cm³/mol. The first-order valence-electron chi connectivity index (χ1n) is 18.7. The van der Waals surface area contributed by atoms with E-state index in [1.54, 1.807) is 0 Å². The molecule has 0 aromatic carbocycles. The first-order valence-corrected chi connectivity index (χ1v) is 18.7. The number of unbranched alkanes of at least 4 members (excludes halogenated alkanes) is 15. The van der Waals surface area contributed by atoms with E-state index < -0.39 is 11.9 Å². The Morgan fingerprint density at radius 2 is 0.905 bits per heavy atom. The van der Waals surface area contributed by atoms with Crippen molar-refractivity contribution in [1.29, 1.82) is 0 Å². The molecule has 0 saturated heterocycles. The summed E-state index contributed by atoms with van der Waals surface area (Å²) in [6.45, 7) is 11.7. The van der Waals surface area contributed by atoms with E-state index in [0.29, 0.717) is 18.8 Å². The van der Waals surface area contributed by atoms with Gasteiger partial charge in [-0.2, -0.15) is 0 Å². The fourth-order valence-electron chi connectivity index (χ4n) is 7.32. The van der Waals surface area contributed by atoms with Crippen molar-refractivity contribution in [3.63, 3.8) is 0 Å². The predicted octanol–water partition coefficient (Wildman–Crippen LogP) is 12.6. The summed E-state index contributed by atoms with van der Waals surface area (Å²) in [6, 6.07) is 0. The van der Waals surface area contributed by atoms with Crippen molar-refractivity contribution < 1.29 is 19.8 Å². The van der Waals surface area contributed by atoms with Gasteiger partial charge in [-0.15, -0.1) is 0 Å². The second kappa shape index (κ2) is 27.5. The van der Waals surface area contributed by atoms with Gasteiger partial charge < -0.3 is 10.2 Å². The van der Waals surface area contributed by atoms with Gasteiger partial charge in [-0.1, -0.05) is 169 Å². The summed E-state index contributed by atoms with van der Waals surface area (Å²) in [5.74, 6) is 0.459. The molecule has 0 aromatic heterocycles. The topological polar surface area (TPSA) is 74.6 Å². The van der Waals surface area contributed by atoms with Crippen molar-refractivity contribution in [2.75, 3.05) is 0 Å². The van der Waals surface area contributed by atoms with Gasteiger partial charge in [0.25, 0.3) is 0 Å². The van der Waals surface area contributed by atoms with Crippen molar-refractivity contribution in [2.45, 2.75) is 208 Å². The van der Waals surface area contributed by atoms with Crippen molar-refractivity contribution in [3.8, 4) is 0 Å². The van der Waals surface area contributed by atoms with Gasteiger partial charge in [0.2, 0.25) is 0 Å². The van der Waals surface area contributed by atoms with Crippen LogP contribution in [0.1, 0.15) is 208 Å². The van der Waals surface area contributed by atoms with Crippen LogP contribution in [0.2, 0.25) is 0 Å². The zero-order valence-corrected chi connectivity index (χ0v) is 29.0. The molecule has 250 valence electrons. The van der Waals surface area contributed by atoms with Crippen LogP contribution in [0.25, 0.3) is 0 Å². The van der Waals surface area contributed by atoms with E-state index in [1.165, 1.54) is 141 Å². The van der Waals surface area contributed by atoms with E-state index in [1.807, 2.05) is 0 Å². The lowest BCUT2D eigenvalue weighted by molar-refractivity contribution is -0.140. The summed E-state index contributed by atoms with van der Waals surface area (Å²) in [7, 11) is 0. The highest BCUT2D eigenvalue weighted by atomic mass is 16.4. The van der Waals surface area contributed by atoms with Gasteiger partial charge in [0.1, 0.15) is 0 Å². The van der Waals surface area contributed by atoms with Crippen LogP contribution in [0.3, 0.4) is 0 Å². The van der Waals surface area contributed by atoms with E-state index in [9.17, 15) is 14.7 Å². The molecule has 0 aliphatic rings. The third-order valence-corrected chi connectivity index (χ3v) is 10.2. The number of carboxylic acids is 2. The highest BCUT2D eigenvalue weighted by Gasteiger charge is 2.38. The Hall–Kier alpha value is -1.06. The smallest absolute Gasteiger partial charge is 0.303 e. The molecule has 2 N–H and O–H groups in total. The van der Waals surface area contributed by atoms with Crippen LogP contribution in [-0.4, -0.2) is 22.2 Å². The van der Waals surface area contributed by atoms with Gasteiger partial charge in [-0.25, -0.2) is 0 Å². The van der Waals surface area contributed by atoms with Gasteiger partial charge in [0.15, 0.2) is 0 Å². The third kappa shape index (κ3) is 22.5. The Morgan fingerprint density at radius 3 is 1.24 bits per heavy atom. The average Bonchev–Trinajstić information content (AvgIpc) is 2.96. The molecule has 4 nitrogen and oxygen atoms in total. The number of aliphatic carboxylic acids is 2. The summed E-state index contributed by atoms with van der Waals surface area (Å²) in [4.78, 5) is 22.6. The van der Waals surface area contributed by atoms with Crippen molar-refractivity contribution in [3.05, 3.63) is 0 Å². The third-order valence-electron chi connectivity index (χ3n) is 10.2. The molecule has 0 rings (SSSR count). The first kappa shape index (κ1) is 40.9. The second-order valence-electron chi connectivity index (χ2n) is 14.1. The Balaban J connectivity index is 4.60. The molecule has 0 fully saturated rings. The van der Waals surface area contributed by atoms with Crippen LogP contribution in [0.15, 0.2) is 0 Å². The van der Waals surface area contributed by atoms with Crippen molar-refractivity contribution >= 4 is 11.9 Å². The molecular formula is C38H74O4. The van der Waals surface area contributed by atoms with E-state index in [-0.39, 0.29) is 5.41 Å². The van der Waals surface area contributed by atoms with Crippen molar-refractivity contribution in [2.24, 2.45) is 23.2 Å². The summed E-state index contributed by atoms with van der Waals surface area (Å²) in [5.41, 5.74) is 0.125. The molecule has 0 amide bonds. The molecule has 0 radical (unpaired) electrons. The molecule has 3 unspecified atom stereocenters. The molecule has 0 saturated carbocycles. The zero-order chi connectivity index (χ0) is 31.5. The number of hydrogen-bond acceptors (Lipinski definition) is 2. The number of rotatable bonds is 32. The zero-order valence-electron chi connectivity index (χ0n) is 29.0. The first-order chi connectivity index (χ1) is 20.2. The van der Waals surface area contributed by atoms with Crippen LogP contribution in [0, 0.1) is 23.2 Å². The summed E-state index contributed by atoms with van der Waals surface area (Å²) in [5, 5.41) is 18.6. The van der Waals surface area contributed by atoms with E-state index >= 15 is 0 Å². The molecule has 0 bridgehead atoms. The molecule has 0 aliphatic carbocycles. The van der Waals surface area contributed by atoms with Gasteiger partial charge in [0, 0.05) is 12.8 Å². The van der Waals surface area contributed by atoms with E-state index in [0.717, 1.165) is 31.1 Å². The fraction of sp³-hybridized carbons (Fsp3) is 0.947. The number of hydrogen-bond donors (Lipinski definition) is 2. The lowest BCUT2D eigenvalue weighted by Gasteiger charge is -2.42. The Morgan fingerprint density at radius 1 is 0.524 bits per heavy atom. The van der Waals surface area contributed by atoms with Crippen LogP contribution < -0.4 is 0 Å². The van der Waals surface area contributed by atoms with Crippen LogP contribution >= 0.6 is 0 Å². The molecule has 0 aromatic rings. The Kier molecular flexibility index (Phi) is 26.8. The number of carboxylic acid groups (broad SMARTS) is 2. The van der Waals surface area contributed by atoms with Crippen LogP contribution in [-0.2, 0) is 9.59 Å². The van der Waals surface area contributed by atoms with Gasteiger partial charge in [0.05, 0.1) is 0 Å². The summed E-state index contributed by atoms with van der Waals surface area (Å²) >= 11 is 0. The molecule has 4 heteroatoms. The average molecular weight is 595 g/mol. The maximum absolute atomic E-state index is 12.1. The largest absolute Gasteiger partial charge is 0.481 e. The maximum Gasteiger partial charge on any atom is 0.303 e. The Bertz CT molecular complexity index is 613. The lowest BCUT2D eigenvalue weighted by atomic mass is 9.62.